The molecule has 10 nitrogen and oxygen atoms in total. The van der Waals surface area contributed by atoms with E-state index in [1.807, 2.05) is 11.5 Å². The van der Waals surface area contributed by atoms with Gasteiger partial charge in [0, 0.05) is 33.7 Å². The van der Waals surface area contributed by atoms with E-state index in [4.69, 9.17) is 4.74 Å². The number of nitrogens with zero attached hydrogens (tertiary/aromatic N) is 6. The van der Waals surface area contributed by atoms with Gasteiger partial charge in [-0.15, -0.1) is 10.2 Å². The van der Waals surface area contributed by atoms with Crippen LogP contribution in [-0.4, -0.2) is 65.6 Å². The highest BCUT2D eigenvalue weighted by Gasteiger charge is 2.21. The number of hydrogen-bond donors (Lipinski definition) is 0. The number of rotatable bonds is 8. The maximum Gasteiger partial charge on any atom is 0.359 e. The number of anilines is 1. The van der Waals surface area contributed by atoms with Crippen LogP contribution in [-0.2, 0) is 27.9 Å². The number of aryl methyl sites for hydroxylation is 1. The maximum absolute atomic E-state index is 12.5. The summed E-state index contributed by atoms with van der Waals surface area (Å²) in [5.74, 6) is 0.722. The fraction of sp³-hybridized carbons (Fsp3) is 0.455. The molecule has 1 saturated heterocycles. The third kappa shape index (κ3) is 4.69. The van der Waals surface area contributed by atoms with Gasteiger partial charge in [0.2, 0.25) is 10.0 Å². The highest BCUT2D eigenvalue weighted by atomic mass is 32.2. The number of sulfonamides is 1. The summed E-state index contributed by atoms with van der Waals surface area (Å²) in [6, 6.07) is 8.26. The van der Waals surface area contributed by atoms with Crippen LogP contribution in [0.1, 0.15) is 42.5 Å². The predicted octanol–water partition coefficient (Wildman–Crippen LogP) is 2.44. The molecule has 0 aliphatic carbocycles. The van der Waals surface area contributed by atoms with E-state index in [0.29, 0.717) is 17.9 Å². The topological polar surface area (TPSA) is 111 Å². The first kappa shape index (κ1) is 23.1. The summed E-state index contributed by atoms with van der Waals surface area (Å²) in [4.78, 5) is 19.4. The van der Waals surface area contributed by atoms with E-state index in [1.165, 1.54) is 14.1 Å². The van der Waals surface area contributed by atoms with Crippen molar-refractivity contribution in [1.29, 1.82) is 0 Å². The molecule has 0 atom stereocenters. The van der Waals surface area contributed by atoms with Gasteiger partial charge in [-0.05, 0) is 49.6 Å². The number of carbonyl (C=O) groups is 1. The van der Waals surface area contributed by atoms with Crippen molar-refractivity contribution < 1.29 is 17.9 Å². The molecule has 11 heteroatoms. The van der Waals surface area contributed by atoms with Crippen LogP contribution in [0.2, 0.25) is 0 Å². The van der Waals surface area contributed by atoms with Crippen LogP contribution in [0.4, 0.5) is 5.82 Å². The Kier molecular flexibility index (Phi) is 6.61. The Morgan fingerprint density at radius 1 is 1.12 bits per heavy atom. The number of esters is 1. The normalized spacial score (nSPS) is 14.4. The lowest BCUT2D eigenvalue weighted by molar-refractivity contribution is 0.0450. The zero-order chi connectivity index (χ0) is 23.6. The number of benzene rings is 1. The molecular weight excluding hydrogens is 444 g/mol. The van der Waals surface area contributed by atoms with Gasteiger partial charge in [0.15, 0.2) is 11.5 Å². The molecule has 1 aliphatic rings. The van der Waals surface area contributed by atoms with Gasteiger partial charge in [-0.3, -0.25) is 0 Å². The lowest BCUT2D eigenvalue weighted by Gasteiger charge is -2.15. The van der Waals surface area contributed by atoms with E-state index in [9.17, 15) is 13.2 Å². The van der Waals surface area contributed by atoms with Gasteiger partial charge in [0.1, 0.15) is 12.4 Å². The summed E-state index contributed by atoms with van der Waals surface area (Å²) in [6.07, 6.45) is 3.10. The van der Waals surface area contributed by atoms with Gasteiger partial charge in [-0.2, -0.15) is 0 Å². The highest BCUT2D eigenvalue weighted by molar-refractivity contribution is 7.89. The van der Waals surface area contributed by atoms with Gasteiger partial charge in [0.05, 0.1) is 15.9 Å². The minimum atomic E-state index is -3.58. The summed E-state index contributed by atoms with van der Waals surface area (Å²) in [5, 5.41) is 8.19. The number of imidazole rings is 1. The Bertz CT molecular complexity index is 1250. The molecule has 0 saturated carbocycles. The van der Waals surface area contributed by atoms with Crippen LogP contribution < -0.4 is 4.90 Å². The van der Waals surface area contributed by atoms with Gasteiger partial charge in [0.25, 0.3) is 0 Å². The van der Waals surface area contributed by atoms with Gasteiger partial charge >= 0.3 is 5.97 Å². The Morgan fingerprint density at radius 3 is 2.52 bits per heavy atom. The summed E-state index contributed by atoms with van der Waals surface area (Å²) < 4.78 is 33.5. The second kappa shape index (κ2) is 9.44. The molecule has 0 N–H and O–H groups in total. The number of hydrogen-bond acceptors (Lipinski definition) is 8. The largest absolute Gasteiger partial charge is 0.453 e. The van der Waals surface area contributed by atoms with E-state index in [2.05, 4.69) is 20.1 Å². The van der Waals surface area contributed by atoms with Gasteiger partial charge in [-0.25, -0.2) is 22.5 Å². The molecular formula is C22H28N6O4S. The summed E-state index contributed by atoms with van der Waals surface area (Å²) in [6.45, 7) is 4.53. The molecule has 0 unspecified atom stereocenters. The monoisotopic (exact) mass is 472 g/mol. The first-order valence-electron chi connectivity index (χ1n) is 11.0. The van der Waals surface area contributed by atoms with Crippen molar-refractivity contribution >= 4 is 32.8 Å². The minimum absolute atomic E-state index is 0.0567. The molecule has 3 aromatic rings. The SMILES string of the molecule is CCCn1c(COC(=O)c2ccc(N3CCCC3)nn2)nc2cc(S(=O)(=O)N(C)C)ccc21. The van der Waals surface area contributed by atoms with Crippen molar-refractivity contribution in [3.63, 3.8) is 0 Å². The first-order valence-corrected chi connectivity index (χ1v) is 12.4. The number of carbonyl (C=O) groups excluding carboxylic acids is 1. The lowest BCUT2D eigenvalue weighted by Crippen LogP contribution is -2.22. The third-order valence-corrected chi connectivity index (χ3v) is 7.46. The van der Waals surface area contributed by atoms with Gasteiger partial charge < -0.3 is 14.2 Å². The van der Waals surface area contributed by atoms with Crippen molar-refractivity contribution in [2.24, 2.45) is 0 Å². The molecule has 0 bridgehead atoms. The maximum atomic E-state index is 12.5. The number of fused-ring (bicyclic) bond motifs is 1. The van der Waals surface area contributed by atoms with E-state index in [0.717, 1.165) is 48.0 Å². The van der Waals surface area contributed by atoms with Crippen LogP contribution in [0.15, 0.2) is 35.2 Å². The van der Waals surface area contributed by atoms with Crippen molar-refractivity contribution in [3.05, 3.63) is 41.9 Å². The fourth-order valence-corrected chi connectivity index (χ4v) is 4.79. The first-order chi connectivity index (χ1) is 15.8. The molecule has 0 radical (unpaired) electrons. The smallest absolute Gasteiger partial charge is 0.359 e. The number of aromatic nitrogens is 4. The molecule has 1 fully saturated rings. The van der Waals surface area contributed by atoms with Crippen LogP contribution in [0.25, 0.3) is 11.0 Å². The Labute approximate surface area is 193 Å². The summed E-state index contributed by atoms with van der Waals surface area (Å²) in [5.41, 5.74) is 1.46. The fourth-order valence-electron chi connectivity index (χ4n) is 3.87. The Balaban J connectivity index is 1.53. The third-order valence-electron chi connectivity index (χ3n) is 5.65. The Hall–Kier alpha value is -3.05. The molecule has 4 rings (SSSR count). The van der Waals surface area contributed by atoms with E-state index in [1.54, 1.807) is 30.3 Å². The standard InChI is InChI=1S/C22H28N6O4S/c1-4-11-28-19-9-7-16(33(30,31)26(2)3)14-18(19)23-21(28)15-32-22(29)17-8-10-20(25-24-17)27-12-5-6-13-27/h7-10,14H,4-6,11-13,15H2,1-3H3. The van der Waals surface area contributed by atoms with Crippen molar-refractivity contribution in [1.82, 2.24) is 24.1 Å². The second-order valence-corrected chi connectivity index (χ2v) is 10.3. The molecule has 0 amide bonds. The van der Waals surface area contributed by atoms with Crippen molar-refractivity contribution in [2.45, 2.75) is 44.2 Å². The quantitative estimate of drug-likeness (QED) is 0.460. The highest BCUT2D eigenvalue weighted by Crippen LogP contribution is 2.23. The molecule has 1 aromatic carbocycles. The summed E-state index contributed by atoms with van der Waals surface area (Å²) >= 11 is 0. The minimum Gasteiger partial charge on any atom is -0.453 e. The van der Waals surface area contributed by atoms with Crippen LogP contribution in [0.3, 0.4) is 0 Å². The van der Waals surface area contributed by atoms with Crippen molar-refractivity contribution in [2.75, 3.05) is 32.1 Å². The Morgan fingerprint density at radius 2 is 1.88 bits per heavy atom. The van der Waals surface area contributed by atoms with E-state index < -0.39 is 16.0 Å². The predicted molar refractivity (Wildman–Crippen MR) is 123 cm³/mol. The van der Waals surface area contributed by atoms with E-state index >= 15 is 0 Å². The summed E-state index contributed by atoms with van der Waals surface area (Å²) in [7, 11) is -0.602. The average Bonchev–Trinajstić information content (AvgIpc) is 3.46. The van der Waals surface area contributed by atoms with Crippen LogP contribution in [0.5, 0.6) is 0 Å². The van der Waals surface area contributed by atoms with Crippen molar-refractivity contribution in [3.8, 4) is 0 Å². The lowest BCUT2D eigenvalue weighted by atomic mass is 10.3. The molecule has 2 aromatic heterocycles. The second-order valence-electron chi connectivity index (χ2n) is 8.16. The number of ether oxygens (including phenoxy) is 1. The molecule has 3 heterocycles. The molecule has 33 heavy (non-hydrogen) atoms. The molecule has 1 aliphatic heterocycles. The van der Waals surface area contributed by atoms with Gasteiger partial charge in [-0.1, -0.05) is 6.92 Å². The van der Waals surface area contributed by atoms with Crippen LogP contribution in [0, 0.1) is 0 Å². The van der Waals surface area contributed by atoms with Crippen LogP contribution >= 0.6 is 0 Å². The zero-order valence-electron chi connectivity index (χ0n) is 19.1. The molecule has 176 valence electrons. The zero-order valence-corrected chi connectivity index (χ0v) is 19.9. The average molecular weight is 473 g/mol. The van der Waals surface area contributed by atoms with E-state index in [-0.39, 0.29) is 17.2 Å². The molecule has 0 spiro atoms.